The van der Waals surface area contributed by atoms with Crippen LogP contribution in [0, 0.1) is 0 Å². The van der Waals surface area contributed by atoms with Gasteiger partial charge >= 0.3 is 0 Å². The number of nitrogens with zero attached hydrogens (tertiary/aromatic N) is 1. The average molecular weight is 309 g/mol. The summed E-state index contributed by atoms with van der Waals surface area (Å²) >= 11 is 0. The van der Waals surface area contributed by atoms with Crippen LogP contribution >= 0.6 is 0 Å². The predicted octanol–water partition coefficient (Wildman–Crippen LogP) is 1.30. The molecule has 1 heterocycles. The molecule has 1 saturated heterocycles. The maximum Gasteiger partial charge on any atom is 0.223 e. The van der Waals surface area contributed by atoms with Gasteiger partial charge in [-0.3, -0.25) is 9.59 Å². The summed E-state index contributed by atoms with van der Waals surface area (Å²) < 4.78 is 22.9. The van der Waals surface area contributed by atoms with Crippen LogP contribution in [0.4, 0.5) is 0 Å². The molecule has 1 aromatic carbocycles. The Hall–Kier alpha value is -1.69. The van der Waals surface area contributed by atoms with Crippen LogP contribution in [0.1, 0.15) is 29.6 Å². The molecule has 114 valence electrons. The van der Waals surface area contributed by atoms with Crippen molar-refractivity contribution in [2.45, 2.75) is 25.3 Å². The Labute approximate surface area is 124 Å². The summed E-state index contributed by atoms with van der Waals surface area (Å²) in [5.74, 6) is -0.0853. The SMILES string of the molecule is CN(C(=O)CCC(=O)c1ccccc1)C1CCS(=O)(=O)C1. The lowest BCUT2D eigenvalue weighted by molar-refractivity contribution is -0.131. The summed E-state index contributed by atoms with van der Waals surface area (Å²) in [5, 5.41) is 0. The Morgan fingerprint density at radius 2 is 1.86 bits per heavy atom. The standard InChI is InChI=1S/C15H19NO4S/c1-16(13-9-10-21(19,20)11-13)15(18)8-7-14(17)12-5-3-2-4-6-12/h2-6,13H,7-11H2,1H3. The van der Waals surface area contributed by atoms with Gasteiger partial charge in [0.2, 0.25) is 5.91 Å². The first-order chi connectivity index (χ1) is 9.89. The van der Waals surface area contributed by atoms with Crippen LogP contribution in [0.3, 0.4) is 0 Å². The molecule has 0 spiro atoms. The van der Waals surface area contributed by atoms with E-state index in [1.807, 2.05) is 6.07 Å². The molecule has 1 fully saturated rings. The van der Waals surface area contributed by atoms with Crippen LogP contribution in [0.25, 0.3) is 0 Å². The summed E-state index contributed by atoms with van der Waals surface area (Å²) in [4.78, 5) is 25.5. The Morgan fingerprint density at radius 1 is 1.19 bits per heavy atom. The van der Waals surface area contributed by atoms with E-state index >= 15 is 0 Å². The molecule has 1 unspecified atom stereocenters. The van der Waals surface area contributed by atoms with Gasteiger partial charge in [-0.1, -0.05) is 30.3 Å². The number of hydrogen-bond acceptors (Lipinski definition) is 4. The van der Waals surface area contributed by atoms with Crippen molar-refractivity contribution in [1.29, 1.82) is 0 Å². The van der Waals surface area contributed by atoms with Crippen molar-refractivity contribution >= 4 is 21.5 Å². The van der Waals surface area contributed by atoms with Crippen molar-refractivity contribution in [2.24, 2.45) is 0 Å². The van der Waals surface area contributed by atoms with Crippen LogP contribution in [0.15, 0.2) is 30.3 Å². The number of carbonyl (C=O) groups is 2. The van der Waals surface area contributed by atoms with Gasteiger partial charge in [0, 0.05) is 31.5 Å². The first-order valence-electron chi connectivity index (χ1n) is 6.93. The smallest absolute Gasteiger partial charge is 0.223 e. The van der Waals surface area contributed by atoms with Crippen LogP contribution in [-0.2, 0) is 14.6 Å². The van der Waals surface area contributed by atoms with E-state index in [-0.39, 0.29) is 42.1 Å². The molecule has 0 radical (unpaired) electrons. The molecule has 2 rings (SSSR count). The molecule has 0 aliphatic carbocycles. The van der Waals surface area contributed by atoms with Crippen molar-refractivity contribution in [2.75, 3.05) is 18.6 Å². The summed E-state index contributed by atoms with van der Waals surface area (Å²) in [7, 11) is -1.40. The number of rotatable bonds is 5. The Kier molecular flexibility index (Phi) is 4.77. The Balaban J connectivity index is 1.86. The fourth-order valence-corrected chi connectivity index (χ4v) is 4.22. The average Bonchev–Trinajstić information content (AvgIpc) is 2.84. The molecular formula is C15H19NO4S. The molecule has 6 heteroatoms. The van der Waals surface area contributed by atoms with Gasteiger partial charge in [-0.2, -0.15) is 0 Å². The van der Waals surface area contributed by atoms with Gasteiger partial charge in [0.25, 0.3) is 0 Å². The number of Topliss-reactive ketones (excluding diaryl/α,β-unsaturated/α-hetero) is 1. The number of ketones is 1. The maximum atomic E-state index is 12.1. The minimum atomic E-state index is -3.01. The number of amides is 1. The third-order valence-corrected chi connectivity index (χ3v) is 5.56. The van der Waals surface area contributed by atoms with Gasteiger partial charge in [-0.25, -0.2) is 8.42 Å². The number of sulfone groups is 1. The summed E-state index contributed by atoms with van der Waals surface area (Å²) in [6.07, 6.45) is 0.741. The zero-order valence-corrected chi connectivity index (χ0v) is 12.8. The van der Waals surface area contributed by atoms with Gasteiger partial charge in [0.15, 0.2) is 15.6 Å². The topological polar surface area (TPSA) is 71.5 Å². The lowest BCUT2D eigenvalue weighted by Crippen LogP contribution is -2.37. The van der Waals surface area contributed by atoms with E-state index in [9.17, 15) is 18.0 Å². The molecule has 1 aliphatic heterocycles. The molecule has 1 aromatic rings. The van der Waals surface area contributed by atoms with E-state index in [0.29, 0.717) is 12.0 Å². The van der Waals surface area contributed by atoms with E-state index in [4.69, 9.17) is 0 Å². The van der Waals surface area contributed by atoms with E-state index in [1.54, 1.807) is 31.3 Å². The van der Waals surface area contributed by atoms with Gasteiger partial charge in [0.05, 0.1) is 11.5 Å². The van der Waals surface area contributed by atoms with Crippen molar-refractivity contribution < 1.29 is 18.0 Å². The lowest BCUT2D eigenvalue weighted by atomic mass is 10.1. The zero-order chi connectivity index (χ0) is 15.5. The first kappa shape index (κ1) is 15.7. The maximum absolute atomic E-state index is 12.1. The highest BCUT2D eigenvalue weighted by atomic mass is 32.2. The lowest BCUT2D eigenvalue weighted by Gasteiger charge is -2.23. The largest absolute Gasteiger partial charge is 0.342 e. The second kappa shape index (κ2) is 6.39. The highest BCUT2D eigenvalue weighted by Gasteiger charge is 2.32. The third kappa shape index (κ3) is 4.14. The van der Waals surface area contributed by atoms with E-state index in [2.05, 4.69) is 0 Å². The van der Waals surface area contributed by atoms with Crippen molar-refractivity contribution in [3.63, 3.8) is 0 Å². The van der Waals surface area contributed by atoms with Gasteiger partial charge < -0.3 is 4.90 Å². The highest BCUT2D eigenvalue weighted by Crippen LogP contribution is 2.17. The monoisotopic (exact) mass is 309 g/mol. The molecule has 1 atom stereocenters. The predicted molar refractivity (Wildman–Crippen MR) is 79.8 cm³/mol. The zero-order valence-electron chi connectivity index (χ0n) is 12.0. The minimum absolute atomic E-state index is 0.0296. The Morgan fingerprint density at radius 3 is 2.43 bits per heavy atom. The fraction of sp³-hybridized carbons (Fsp3) is 0.467. The van der Waals surface area contributed by atoms with Crippen molar-refractivity contribution in [1.82, 2.24) is 4.90 Å². The molecule has 1 aliphatic rings. The molecular weight excluding hydrogens is 290 g/mol. The van der Waals surface area contributed by atoms with Crippen LogP contribution in [-0.4, -0.2) is 49.6 Å². The number of benzene rings is 1. The van der Waals surface area contributed by atoms with Crippen molar-refractivity contribution in [3.05, 3.63) is 35.9 Å². The minimum Gasteiger partial charge on any atom is -0.342 e. The fourth-order valence-electron chi connectivity index (χ4n) is 2.45. The molecule has 0 bridgehead atoms. The van der Waals surface area contributed by atoms with E-state index in [1.165, 1.54) is 4.90 Å². The number of carbonyl (C=O) groups excluding carboxylic acids is 2. The first-order valence-corrected chi connectivity index (χ1v) is 8.75. The highest BCUT2D eigenvalue weighted by molar-refractivity contribution is 7.91. The quantitative estimate of drug-likeness (QED) is 0.769. The second-order valence-corrected chi connectivity index (χ2v) is 7.58. The molecule has 0 aromatic heterocycles. The summed E-state index contributed by atoms with van der Waals surface area (Å²) in [6.45, 7) is 0. The Bertz CT molecular complexity index is 624. The molecule has 1 amide bonds. The number of hydrogen-bond donors (Lipinski definition) is 0. The van der Waals surface area contributed by atoms with Gasteiger partial charge in [0.1, 0.15) is 0 Å². The summed E-state index contributed by atoms with van der Waals surface area (Å²) in [6, 6.07) is 8.58. The molecule has 0 N–H and O–H groups in total. The van der Waals surface area contributed by atoms with Crippen LogP contribution in [0.2, 0.25) is 0 Å². The summed E-state index contributed by atoms with van der Waals surface area (Å²) in [5.41, 5.74) is 0.594. The van der Waals surface area contributed by atoms with Gasteiger partial charge in [-0.05, 0) is 6.42 Å². The van der Waals surface area contributed by atoms with Crippen LogP contribution in [0.5, 0.6) is 0 Å². The van der Waals surface area contributed by atoms with Gasteiger partial charge in [-0.15, -0.1) is 0 Å². The second-order valence-electron chi connectivity index (χ2n) is 5.35. The molecule has 5 nitrogen and oxygen atoms in total. The molecule has 0 saturated carbocycles. The van der Waals surface area contributed by atoms with Crippen LogP contribution < -0.4 is 0 Å². The normalized spacial score (nSPS) is 20.1. The molecule has 21 heavy (non-hydrogen) atoms. The van der Waals surface area contributed by atoms with E-state index < -0.39 is 9.84 Å². The van der Waals surface area contributed by atoms with E-state index in [0.717, 1.165) is 0 Å². The van der Waals surface area contributed by atoms with Crippen molar-refractivity contribution in [3.8, 4) is 0 Å². The third-order valence-electron chi connectivity index (χ3n) is 3.81.